The van der Waals surface area contributed by atoms with E-state index in [1.165, 1.54) is 0 Å². The summed E-state index contributed by atoms with van der Waals surface area (Å²) in [4.78, 5) is 12.4. The molecule has 2 aromatic rings. The van der Waals surface area contributed by atoms with E-state index in [4.69, 9.17) is 9.31 Å². The Hall–Kier alpha value is -1.95. The number of ketones is 1. The van der Waals surface area contributed by atoms with Gasteiger partial charge in [0.2, 0.25) is 0 Å². The van der Waals surface area contributed by atoms with Crippen molar-refractivity contribution in [3.05, 3.63) is 65.2 Å². The van der Waals surface area contributed by atoms with Crippen LogP contribution in [0.2, 0.25) is 0 Å². The van der Waals surface area contributed by atoms with Crippen molar-refractivity contribution in [2.75, 3.05) is 0 Å². The van der Waals surface area contributed by atoms with E-state index < -0.39 is 0 Å². The van der Waals surface area contributed by atoms with Crippen LogP contribution in [0.3, 0.4) is 0 Å². The van der Waals surface area contributed by atoms with E-state index in [2.05, 4.69) is 0 Å². The van der Waals surface area contributed by atoms with Crippen molar-refractivity contribution in [1.29, 1.82) is 0 Å². The summed E-state index contributed by atoms with van der Waals surface area (Å²) < 4.78 is 12.1. The fourth-order valence-electron chi connectivity index (χ4n) is 3.13. The smallest absolute Gasteiger partial charge is 0.399 e. The third-order valence-corrected chi connectivity index (χ3v) is 5.48. The van der Waals surface area contributed by atoms with Crippen molar-refractivity contribution >= 4 is 18.4 Å². The zero-order valence-electron chi connectivity index (χ0n) is 16.5. The zero-order chi connectivity index (χ0) is 19.7. The zero-order valence-corrected chi connectivity index (χ0v) is 16.5. The first-order valence-electron chi connectivity index (χ1n) is 9.35. The Morgan fingerprint density at radius 3 is 2.04 bits per heavy atom. The molecule has 1 fully saturated rings. The van der Waals surface area contributed by atoms with Crippen molar-refractivity contribution < 1.29 is 19.2 Å². The average Bonchev–Trinajstić information content (AvgIpc) is 2.83. The van der Waals surface area contributed by atoms with Crippen molar-refractivity contribution in [2.45, 2.75) is 58.3 Å². The van der Waals surface area contributed by atoms with Crippen molar-refractivity contribution in [2.24, 2.45) is 0 Å². The van der Waals surface area contributed by atoms with E-state index in [9.17, 15) is 9.90 Å². The summed E-state index contributed by atoms with van der Waals surface area (Å²) >= 11 is 0. The number of rotatable bonds is 6. The second-order valence-corrected chi connectivity index (χ2v) is 8.20. The van der Waals surface area contributed by atoms with Gasteiger partial charge in [-0.3, -0.25) is 4.79 Å². The number of carbonyl (C=O) groups is 1. The van der Waals surface area contributed by atoms with Crippen LogP contribution in [-0.4, -0.2) is 29.2 Å². The SMILES string of the molecule is CC1(C)OB(c2ccc(CC(=O)Cc3cccc(CO)c3)cc2)OC1(C)C. The van der Waals surface area contributed by atoms with Crippen molar-refractivity contribution in [3.63, 3.8) is 0 Å². The Morgan fingerprint density at radius 1 is 0.889 bits per heavy atom. The second-order valence-electron chi connectivity index (χ2n) is 8.20. The molecule has 0 aliphatic carbocycles. The topological polar surface area (TPSA) is 55.8 Å². The van der Waals surface area contributed by atoms with Crippen LogP contribution in [0.5, 0.6) is 0 Å². The lowest BCUT2D eigenvalue weighted by atomic mass is 9.78. The molecule has 1 heterocycles. The Bertz CT molecular complexity index is 795. The number of hydrogen-bond donors (Lipinski definition) is 1. The summed E-state index contributed by atoms with van der Waals surface area (Å²) in [6.45, 7) is 8.12. The van der Waals surface area contributed by atoms with Crippen molar-refractivity contribution in [1.82, 2.24) is 0 Å². The Kier molecular flexibility index (Phi) is 5.56. The molecule has 0 unspecified atom stereocenters. The number of benzene rings is 2. The number of hydrogen-bond acceptors (Lipinski definition) is 4. The molecule has 0 saturated carbocycles. The Labute approximate surface area is 161 Å². The van der Waals surface area contributed by atoms with Gasteiger partial charge >= 0.3 is 7.12 Å². The minimum Gasteiger partial charge on any atom is -0.399 e. The molecule has 4 nitrogen and oxygen atoms in total. The molecule has 0 bridgehead atoms. The standard InChI is InChI=1S/C22H27BO4/c1-21(2)22(3,4)27-23(26-21)19-10-8-16(9-11-19)13-20(25)14-17-6-5-7-18(12-17)15-24/h5-12,24H,13-15H2,1-4H3. The first-order chi connectivity index (χ1) is 12.7. The minimum atomic E-state index is -0.388. The van der Waals surface area contributed by atoms with E-state index >= 15 is 0 Å². The quantitative estimate of drug-likeness (QED) is 0.799. The summed E-state index contributed by atoms with van der Waals surface area (Å²) in [5.74, 6) is 0.147. The van der Waals surface area contributed by atoms with Crippen LogP contribution in [0.1, 0.15) is 44.4 Å². The summed E-state index contributed by atoms with van der Waals surface area (Å²) in [6.07, 6.45) is 0.750. The molecule has 1 aliphatic rings. The second kappa shape index (κ2) is 7.59. The normalized spacial score (nSPS) is 17.9. The van der Waals surface area contributed by atoms with Gasteiger partial charge in [0.05, 0.1) is 17.8 Å². The fraction of sp³-hybridized carbons (Fsp3) is 0.409. The van der Waals surface area contributed by atoms with Gasteiger partial charge in [0, 0.05) is 12.8 Å². The number of aliphatic hydroxyl groups excluding tert-OH is 1. The first kappa shape index (κ1) is 19.8. The fourth-order valence-corrected chi connectivity index (χ4v) is 3.13. The molecule has 0 spiro atoms. The predicted octanol–water partition coefficient (Wildman–Crippen LogP) is 2.83. The van der Waals surface area contributed by atoms with Crippen LogP contribution in [0.4, 0.5) is 0 Å². The average molecular weight is 366 g/mol. The molecule has 0 atom stereocenters. The van der Waals surface area contributed by atoms with E-state index in [0.29, 0.717) is 12.8 Å². The molecule has 142 valence electrons. The molecule has 0 aromatic heterocycles. The maximum Gasteiger partial charge on any atom is 0.494 e. The van der Waals surface area contributed by atoms with E-state index in [1.54, 1.807) is 0 Å². The summed E-state index contributed by atoms with van der Waals surface area (Å²) in [5.41, 5.74) is 2.96. The summed E-state index contributed by atoms with van der Waals surface area (Å²) in [6, 6.07) is 15.4. The lowest BCUT2D eigenvalue weighted by Gasteiger charge is -2.32. The van der Waals surface area contributed by atoms with Gasteiger partial charge in [-0.05, 0) is 49.8 Å². The monoisotopic (exact) mass is 366 g/mol. The molecule has 1 aliphatic heterocycles. The number of aliphatic hydroxyl groups is 1. The van der Waals surface area contributed by atoms with Gasteiger partial charge < -0.3 is 14.4 Å². The van der Waals surface area contributed by atoms with Gasteiger partial charge in [-0.1, -0.05) is 48.5 Å². The van der Waals surface area contributed by atoms with Gasteiger partial charge in [0.25, 0.3) is 0 Å². The molecule has 2 aromatic carbocycles. The predicted molar refractivity (Wildman–Crippen MR) is 107 cm³/mol. The van der Waals surface area contributed by atoms with Crippen LogP contribution in [0.15, 0.2) is 48.5 Å². The minimum absolute atomic E-state index is 0.0115. The highest BCUT2D eigenvalue weighted by Gasteiger charge is 2.51. The highest BCUT2D eigenvalue weighted by molar-refractivity contribution is 6.62. The van der Waals surface area contributed by atoms with Crippen molar-refractivity contribution in [3.8, 4) is 0 Å². The molecule has 0 radical (unpaired) electrons. The molecule has 1 saturated heterocycles. The van der Waals surface area contributed by atoms with E-state index in [0.717, 1.165) is 22.2 Å². The summed E-state index contributed by atoms with van der Waals surface area (Å²) in [5, 5.41) is 9.21. The van der Waals surface area contributed by atoms with Gasteiger partial charge in [-0.25, -0.2) is 0 Å². The van der Waals surface area contributed by atoms with Gasteiger partial charge in [0.15, 0.2) is 0 Å². The molecular weight excluding hydrogens is 339 g/mol. The van der Waals surface area contributed by atoms with Crippen LogP contribution in [-0.2, 0) is 33.6 Å². The molecular formula is C22H27BO4. The highest BCUT2D eigenvalue weighted by Crippen LogP contribution is 2.36. The van der Waals surface area contributed by atoms with Crippen LogP contribution < -0.4 is 5.46 Å². The third kappa shape index (κ3) is 4.49. The number of Topliss-reactive ketones (excluding diaryl/α,β-unsaturated/α-hetero) is 1. The van der Waals surface area contributed by atoms with E-state index in [-0.39, 0.29) is 30.7 Å². The van der Waals surface area contributed by atoms with Crippen LogP contribution in [0, 0.1) is 0 Å². The maximum atomic E-state index is 12.4. The van der Waals surface area contributed by atoms with E-state index in [1.807, 2.05) is 76.2 Å². The van der Waals surface area contributed by atoms with Crippen LogP contribution in [0.25, 0.3) is 0 Å². The summed E-state index contributed by atoms with van der Waals surface area (Å²) in [7, 11) is -0.388. The lowest BCUT2D eigenvalue weighted by molar-refractivity contribution is -0.117. The van der Waals surface area contributed by atoms with Gasteiger partial charge in [0.1, 0.15) is 5.78 Å². The molecule has 5 heteroatoms. The lowest BCUT2D eigenvalue weighted by Crippen LogP contribution is -2.41. The molecule has 27 heavy (non-hydrogen) atoms. The number of carbonyl (C=O) groups excluding carboxylic acids is 1. The van der Waals surface area contributed by atoms with Gasteiger partial charge in [-0.15, -0.1) is 0 Å². The Balaban J connectivity index is 1.61. The Morgan fingerprint density at radius 2 is 1.44 bits per heavy atom. The van der Waals surface area contributed by atoms with Gasteiger partial charge in [-0.2, -0.15) is 0 Å². The first-order valence-corrected chi connectivity index (χ1v) is 9.35. The molecule has 0 amide bonds. The third-order valence-electron chi connectivity index (χ3n) is 5.48. The maximum absolute atomic E-state index is 12.4. The highest BCUT2D eigenvalue weighted by atomic mass is 16.7. The largest absolute Gasteiger partial charge is 0.494 e. The molecule has 3 rings (SSSR count). The molecule has 1 N–H and O–H groups in total. The van der Waals surface area contributed by atoms with Crippen LogP contribution >= 0.6 is 0 Å².